The number of ether oxygens (including phenoxy) is 1. The molecule has 0 saturated heterocycles. The SMILES string of the molecule is CC.C[Si](C)(C)O[Si](C)(C)COC(=O)c1ccc(O)cc1. The van der Waals surface area contributed by atoms with E-state index in [2.05, 4.69) is 32.7 Å². The molecule has 0 atom stereocenters. The number of hydrogen-bond acceptors (Lipinski definition) is 4. The number of carbonyl (C=O) groups is 1. The molecule has 0 aromatic heterocycles. The lowest BCUT2D eigenvalue weighted by Gasteiger charge is -2.30. The number of carbonyl (C=O) groups excluding carboxylic acids is 1. The molecule has 0 radical (unpaired) electrons. The van der Waals surface area contributed by atoms with Crippen molar-refractivity contribution in [3.05, 3.63) is 29.8 Å². The first-order valence-electron chi connectivity index (χ1n) is 7.25. The molecule has 1 N–H and O–H groups in total. The van der Waals surface area contributed by atoms with E-state index in [0.29, 0.717) is 11.8 Å². The second-order valence-corrected chi connectivity index (χ2v) is 14.9. The van der Waals surface area contributed by atoms with Crippen LogP contribution in [0.5, 0.6) is 5.75 Å². The monoisotopic (exact) mass is 328 g/mol. The third-order valence-electron chi connectivity index (χ3n) is 2.24. The zero-order valence-corrected chi connectivity index (χ0v) is 16.2. The molecule has 0 aliphatic rings. The van der Waals surface area contributed by atoms with Gasteiger partial charge in [-0.25, -0.2) is 4.79 Å². The first-order chi connectivity index (χ1) is 9.59. The number of benzene rings is 1. The van der Waals surface area contributed by atoms with Crippen LogP contribution >= 0.6 is 0 Å². The first kappa shape index (κ1) is 19.9. The van der Waals surface area contributed by atoms with Gasteiger partial charge in [-0.05, 0) is 57.0 Å². The standard InChI is InChI=1S/C13H22O4Si2.C2H6/c1-18(2,3)17-19(4,5)10-16-13(15)11-6-8-12(14)9-7-11;1-2/h6-9,14H,10H2,1-5H3;1-2H3. The molecule has 0 saturated carbocycles. The number of hydrogen-bond donors (Lipinski definition) is 1. The third-order valence-corrected chi connectivity index (χ3v) is 7.74. The van der Waals surface area contributed by atoms with Crippen molar-refractivity contribution in [3.63, 3.8) is 0 Å². The molecule has 0 amide bonds. The molecule has 120 valence electrons. The highest BCUT2D eigenvalue weighted by Crippen LogP contribution is 2.16. The van der Waals surface area contributed by atoms with Crippen molar-refractivity contribution in [2.24, 2.45) is 0 Å². The highest BCUT2D eigenvalue weighted by atomic mass is 28.4. The Balaban J connectivity index is 0.00000191. The summed E-state index contributed by atoms with van der Waals surface area (Å²) in [4.78, 5) is 11.8. The average molecular weight is 329 g/mol. The summed E-state index contributed by atoms with van der Waals surface area (Å²) < 4.78 is 11.4. The van der Waals surface area contributed by atoms with Gasteiger partial charge in [-0.15, -0.1) is 0 Å². The molecule has 0 spiro atoms. The van der Waals surface area contributed by atoms with Crippen LogP contribution in [0.2, 0.25) is 32.7 Å². The van der Waals surface area contributed by atoms with Gasteiger partial charge in [0.15, 0.2) is 8.32 Å². The van der Waals surface area contributed by atoms with Gasteiger partial charge in [0.25, 0.3) is 0 Å². The fourth-order valence-electron chi connectivity index (χ4n) is 1.78. The summed E-state index contributed by atoms with van der Waals surface area (Å²) in [6, 6.07) is 6.03. The molecule has 6 heteroatoms. The lowest BCUT2D eigenvalue weighted by Crippen LogP contribution is -2.46. The largest absolute Gasteiger partial charge is 0.508 e. The molecule has 1 rings (SSSR count). The molecular formula is C15H28O4Si2. The van der Waals surface area contributed by atoms with E-state index in [1.165, 1.54) is 12.1 Å². The van der Waals surface area contributed by atoms with Gasteiger partial charge >= 0.3 is 5.97 Å². The minimum absolute atomic E-state index is 0.133. The number of aromatic hydroxyl groups is 1. The molecule has 1 aromatic rings. The van der Waals surface area contributed by atoms with Gasteiger partial charge in [-0.2, -0.15) is 0 Å². The lowest BCUT2D eigenvalue weighted by molar-refractivity contribution is 0.0555. The molecule has 0 unspecified atom stereocenters. The predicted octanol–water partition coefficient (Wildman–Crippen LogP) is 4.17. The van der Waals surface area contributed by atoms with E-state index in [-0.39, 0.29) is 11.7 Å². The Bertz CT molecular complexity index is 436. The Labute approximate surface area is 130 Å². The van der Waals surface area contributed by atoms with Crippen molar-refractivity contribution in [2.45, 2.75) is 46.6 Å². The summed E-state index contributed by atoms with van der Waals surface area (Å²) in [6.07, 6.45) is 0.344. The number of phenolic OH excluding ortho intramolecular Hbond substituents is 1. The van der Waals surface area contributed by atoms with E-state index in [1.807, 2.05) is 13.8 Å². The normalized spacial score (nSPS) is 11.4. The van der Waals surface area contributed by atoms with Crippen LogP contribution in [0.25, 0.3) is 0 Å². The Hall–Kier alpha value is -1.12. The molecule has 0 bridgehead atoms. The van der Waals surface area contributed by atoms with Crippen molar-refractivity contribution in [1.29, 1.82) is 0 Å². The second-order valence-electron chi connectivity index (χ2n) is 6.10. The number of phenols is 1. The Morgan fingerprint density at radius 1 is 1.05 bits per heavy atom. The fraction of sp³-hybridized carbons (Fsp3) is 0.533. The van der Waals surface area contributed by atoms with Gasteiger partial charge in [-0.1, -0.05) is 13.8 Å². The molecule has 1 aromatic carbocycles. The summed E-state index contributed by atoms with van der Waals surface area (Å²) in [5.74, 6) is -0.243. The van der Waals surface area contributed by atoms with Gasteiger partial charge in [0, 0.05) is 0 Å². The van der Waals surface area contributed by atoms with Gasteiger partial charge in [-0.3, -0.25) is 0 Å². The van der Waals surface area contributed by atoms with Crippen LogP contribution in [0.15, 0.2) is 24.3 Å². The summed E-state index contributed by atoms with van der Waals surface area (Å²) in [5.41, 5.74) is 0.440. The van der Waals surface area contributed by atoms with Gasteiger partial charge in [0.05, 0.1) is 5.56 Å². The molecule has 21 heavy (non-hydrogen) atoms. The van der Waals surface area contributed by atoms with Crippen LogP contribution in [-0.4, -0.2) is 33.9 Å². The second kappa shape index (κ2) is 8.36. The highest BCUT2D eigenvalue weighted by molar-refractivity contribution is 6.84. The number of rotatable bonds is 5. The van der Waals surface area contributed by atoms with Gasteiger partial charge in [0.1, 0.15) is 12.0 Å². The van der Waals surface area contributed by atoms with Gasteiger partial charge < -0.3 is 14.0 Å². The average Bonchev–Trinajstić information content (AvgIpc) is 2.36. The van der Waals surface area contributed by atoms with E-state index >= 15 is 0 Å². The predicted molar refractivity (Wildman–Crippen MR) is 91.7 cm³/mol. The molecule has 0 aliphatic heterocycles. The smallest absolute Gasteiger partial charge is 0.337 e. The summed E-state index contributed by atoms with van der Waals surface area (Å²) in [7, 11) is -3.59. The Morgan fingerprint density at radius 3 is 1.95 bits per heavy atom. The number of esters is 1. The highest BCUT2D eigenvalue weighted by Gasteiger charge is 2.31. The van der Waals surface area contributed by atoms with Crippen LogP contribution in [0.3, 0.4) is 0 Å². The lowest BCUT2D eigenvalue weighted by atomic mass is 10.2. The van der Waals surface area contributed by atoms with Crippen LogP contribution in [0.4, 0.5) is 0 Å². The van der Waals surface area contributed by atoms with Crippen molar-refractivity contribution in [2.75, 3.05) is 6.23 Å². The van der Waals surface area contributed by atoms with E-state index in [9.17, 15) is 4.79 Å². The first-order valence-corrected chi connectivity index (χ1v) is 13.8. The van der Waals surface area contributed by atoms with Crippen LogP contribution < -0.4 is 0 Å². The van der Waals surface area contributed by atoms with Crippen molar-refractivity contribution in [3.8, 4) is 5.75 Å². The minimum Gasteiger partial charge on any atom is -0.508 e. The summed E-state index contributed by atoms with van der Waals surface area (Å²) in [6.45, 7) is 14.5. The van der Waals surface area contributed by atoms with Crippen LogP contribution in [0.1, 0.15) is 24.2 Å². The third kappa shape index (κ3) is 8.69. The van der Waals surface area contributed by atoms with Crippen LogP contribution in [0, 0.1) is 0 Å². The zero-order valence-electron chi connectivity index (χ0n) is 14.2. The van der Waals surface area contributed by atoms with E-state index < -0.39 is 16.6 Å². The molecular weight excluding hydrogens is 300 g/mol. The molecule has 0 aliphatic carbocycles. The van der Waals surface area contributed by atoms with E-state index in [1.54, 1.807) is 12.1 Å². The molecule has 0 heterocycles. The summed E-state index contributed by atoms with van der Waals surface area (Å²) >= 11 is 0. The topological polar surface area (TPSA) is 55.8 Å². The quantitative estimate of drug-likeness (QED) is 0.651. The Kier molecular flexibility index (Phi) is 7.91. The van der Waals surface area contributed by atoms with Crippen molar-refractivity contribution < 1.29 is 18.8 Å². The Morgan fingerprint density at radius 2 is 1.52 bits per heavy atom. The van der Waals surface area contributed by atoms with Gasteiger partial charge in [0.2, 0.25) is 8.32 Å². The van der Waals surface area contributed by atoms with Crippen molar-refractivity contribution >= 4 is 22.6 Å². The maximum absolute atomic E-state index is 11.8. The van der Waals surface area contributed by atoms with Crippen LogP contribution in [-0.2, 0) is 8.85 Å². The summed E-state index contributed by atoms with van der Waals surface area (Å²) in [5, 5.41) is 9.16. The minimum atomic E-state index is -1.98. The maximum Gasteiger partial charge on any atom is 0.337 e. The van der Waals surface area contributed by atoms with E-state index in [0.717, 1.165) is 0 Å². The van der Waals surface area contributed by atoms with Crippen molar-refractivity contribution in [1.82, 2.24) is 0 Å². The molecule has 4 nitrogen and oxygen atoms in total. The zero-order chi connectivity index (χ0) is 16.7. The fourth-order valence-corrected chi connectivity index (χ4v) is 9.12. The van der Waals surface area contributed by atoms with E-state index in [4.69, 9.17) is 14.0 Å². The maximum atomic E-state index is 11.8. The molecule has 0 fully saturated rings.